The summed E-state index contributed by atoms with van der Waals surface area (Å²) in [6.45, 7) is 8.84. The van der Waals surface area contributed by atoms with Crippen molar-refractivity contribution in [2.24, 2.45) is 0 Å². The molecule has 2 heteroatoms. The second-order valence-electron chi connectivity index (χ2n) is 5.49. The SMILES string of the molecule is Cc1cccc(C)c1SCCCSc1c(C)cccc1C. The maximum Gasteiger partial charge on any atom is 0.0130 e. The van der Waals surface area contributed by atoms with Crippen molar-refractivity contribution in [1.29, 1.82) is 0 Å². The Balaban J connectivity index is 1.81. The van der Waals surface area contributed by atoms with Crippen LogP contribution in [0.15, 0.2) is 46.2 Å². The van der Waals surface area contributed by atoms with E-state index in [-0.39, 0.29) is 0 Å². The van der Waals surface area contributed by atoms with Crippen LogP contribution in [0.25, 0.3) is 0 Å². The van der Waals surface area contributed by atoms with Gasteiger partial charge in [0.1, 0.15) is 0 Å². The van der Waals surface area contributed by atoms with Gasteiger partial charge in [-0.2, -0.15) is 0 Å². The van der Waals surface area contributed by atoms with E-state index in [1.165, 1.54) is 50.0 Å². The van der Waals surface area contributed by atoms with Crippen molar-refractivity contribution in [3.05, 3.63) is 58.7 Å². The molecule has 0 aliphatic heterocycles. The van der Waals surface area contributed by atoms with Gasteiger partial charge < -0.3 is 0 Å². The molecule has 2 rings (SSSR count). The zero-order valence-corrected chi connectivity index (χ0v) is 15.0. The molecule has 0 spiro atoms. The number of benzene rings is 2. The molecule has 0 aromatic heterocycles. The first kappa shape index (κ1) is 16.5. The van der Waals surface area contributed by atoms with E-state index in [1.54, 1.807) is 0 Å². The summed E-state index contributed by atoms with van der Waals surface area (Å²) in [6.07, 6.45) is 1.25. The summed E-state index contributed by atoms with van der Waals surface area (Å²) in [6, 6.07) is 13.1. The summed E-state index contributed by atoms with van der Waals surface area (Å²) in [5.74, 6) is 2.40. The van der Waals surface area contributed by atoms with Gasteiger partial charge in [-0.3, -0.25) is 0 Å². The zero-order valence-electron chi connectivity index (χ0n) is 13.4. The highest BCUT2D eigenvalue weighted by Crippen LogP contribution is 2.29. The lowest BCUT2D eigenvalue weighted by atomic mass is 10.2. The molecule has 112 valence electrons. The molecule has 0 radical (unpaired) electrons. The van der Waals surface area contributed by atoms with Crippen molar-refractivity contribution in [3.8, 4) is 0 Å². The van der Waals surface area contributed by atoms with E-state index in [1.807, 2.05) is 23.5 Å². The van der Waals surface area contributed by atoms with Crippen LogP contribution in [0, 0.1) is 27.7 Å². The highest BCUT2D eigenvalue weighted by molar-refractivity contribution is 8.00. The van der Waals surface area contributed by atoms with Crippen molar-refractivity contribution in [2.45, 2.75) is 43.9 Å². The van der Waals surface area contributed by atoms with Gasteiger partial charge in [-0.1, -0.05) is 36.4 Å². The molecule has 0 aliphatic carbocycles. The first-order valence-corrected chi connectivity index (χ1v) is 9.44. The molecule has 2 aromatic carbocycles. The van der Waals surface area contributed by atoms with Crippen molar-refractivity contribution < 1.29 is 0 Å². The van der Waals surface area contributed by atoms with E-state index < -0.39 is 0 Å². The van der Waals surface area contributed by atoms with Crippen LogP contribution >= 0.6 is 23.5 Å². The fraction of sp³-hybridized carbons (Fsp3) is 0.368. The molecule has 0 amide bonds. The van der Waals surface area contributed by atoms with Gasteiger partial charge in [0.05, 0.1) is 0 Å². The highest BCUT2D eigenvalue weighted by atomic mass is 32.2. The summed E-state index contributed by atoms with van der Waals surface area (Å²) in [5, 5.41) is 0. The summed E-state index contributed by atoms with van der Waals surface area (Å²) < 4.78 is 0. The molecule has 0 fully saturated rings. The van der Waals surface area contributed by atoms with E-state index in [9.17, 15) is 0 Å². The monoisotopic (exact) mass is 316 g/mol. The van der Waals surface area contributed by atoms with Crippen molar-refractivity contribution in [1.82, 2.24) is 0 Å². The maximum absolute atomic E-state index is 2.21. The molecule has 0 atom stereocenters. The van der Waals surface area contributed by atoms with Crippen LogP contribution in [0.4, 0.5) is 0 Å². The average Bonchev–Trinajstić information content (AvgIpc) is 2.44. The standard InChI is InChI=1S/C19H24S2/c1-14-8-5-9-15(2)18(14)20-12-7-13-21-19-16(3)10-6-11-17(19)4/h5-6,8-11H,7,12-13H2,1-4H3. The summed E-state index contributed by atoms with van der Waals surface area (Å²) >= 11 is 4.01. The van der Waals surface area contributed by atoms with Gasteiger partial charge in [0.25, 0.3) is 0 Å². The normalized spacial score (nSPS) is 10.9. The molecule has 0 nitrogen and oxygen atoms in total. The van der Waals surface area contributed by atoms with Crippen molar-refractivity contribution in [2.75, 3.05) is 11.5 Å². The summed E-state index contributed by atoms with van der Waals surface area (Å²) in [4.78, 5) is 2.93. The van der Waals surface area contributed by atoms with Crippen molar-refractivity contribution in [3.63, 3.8) is 0 Å². The van der Waals surface area contributed by atoms with Gasteiger partial charge in [-0.25, -0.2) is 0 Å². The van der Waals surface area contributed by atoms with E-state index in [0.717, 1.165) is 0 Å². The van der Waals surface area contributed by atoms with Crippen LogP contribution < -0.4 is 0 Å². The molecular weight excluding hydrogens is 292 g/mol. The lowest BCUT2D eigenvalue weighted by Gasteiger charge is -2.10. The Kier molecular flexibility index (Phi) is 6.25. The van der Waals surface area contributed by atoms with Crippen LogP contribution in [0.2, 0.25) is 0 Å². The predicted octanol–water partition coefficient (Wildman–Crippen LogP) is 6.19. The molecule has 21 heavy (non-hydrogen) atoms. The van der Waals surface area contributed by atoms with Crippen molar-refractivity contribution >= 4 is 23.5 Å². The lowest BCUT2D eigenvalue weighted by Crippen LogP contribution is -1.90. The fourth-order valence-corrected chi connectivity index (χ4v) is 4.81. The van der Waals surface area contributed by atoms with E-state index in [4.69, 9.17) is 0 Å². The third-order valence-electron chi connectivity index (χ3n) is 3.60. The summed E-state index contributed by atoms with van der Waals surface area (Å²) in [7, 11) is 0. The second kappa shape index (κ2) is 7.95. The lowest BCUT2D eigenvalue weighted by molar-refractivity contribution is 1.10. The molecule has 0 bridgehead atoms. The van der Waals surface area contributed by atoms with Crippen LogP contribution in [0.5, 0.6) is 0 Å². The zero-order chi connectivity index (χ0) is 15.2. The fourth-order valence-electron chi connectivity index (χ4n) is 2.46. The predicted molar refractivity (Wildman–Crippen MR) is 97.9 cm³/mol. The van der Waals surface area contributed by atoms with E-state index in [2.05, 4.69) is 64.1 Å². The molecule has 0 aliphatic rings. The maximum atomic E-state index is 2.21. The Morgan fingerprint density at radius 2 is 0.952 bits per heavy atom. The third-order valence-corrected chi connectivity index (χ3v) is 6.45. The van der Waals surface area contributed by atoms with Gasteiger partial charge in [-0.15, -0.1) is 23.5 Å². The minimum Gasteiger partial charge on any atom is -0.126 e. The Hall–Kier alpha value is -0.860. The number of hydrogen-bond donors (Lipinski definition) is 0. The number of aryl methyl sites for hydroxylation is 4. The molecule has 0 saturated heterocycles. The second-order valence-corrected chi connectivity index (χ2v) is 7.70. The van der Waals surface area contributed by atoms with Crippen LogP contribution in [0.1, 0.15) is 28.7 Å². The minimum atomic E-state index is 1.20. The highest BCUT2D eigenvalue weighted by Gasteiger charge is 2.04. The average molecular weight is 317 g/mol. The minimum absolute atomic E-state index is 1.20. The number of rotatable bonds is 6. The Morgan fingerprint density at radius 3 is 1.29 bits per heavy atom. The van der Waals surface area contributed by atoms with Crippen LogP contribution in [-0.4, -0.2) is 11.5 Å². The van der Waals surface area contributed by atoms with Gasteiger partial charge in [-0.05, 0) is 67.9 Å². The molecule has 0 unspecified atom stereocenters. The molecule has 2 aromatic rings. The Labute approximate surface area is 137 Å². The molecule has 0 heterocycles. The third kappa shape index (κ3) is 4.55. The Morgan fingerprint density at radius 1 is 0.619 bits per heavy atom. The van der Waals surface area contributed by atoms with Crippen LogP contribution in [-0.2, 0) is 0 Å². The quantitative estimate of drug-likeness (QED) is 0.460. The van der Waals surface area contributed by atoms with Gasteiger partial charge in [0.15, 0.2) is 0 Å². The smallest absolute Gasteiger partial charge is 0.0130 e. The first-order valence-electron chi connectivity index (χ1n) is 7.47. The summed E-state index contributed by atoms with van der Waals surface area (Å²) in [5.41, 5.74) is 5.62. The molecule has 0 saturated carbocycles. The largest absolute Gasteiger partial charge is 0.126 e. The van der Waals surface area contributed by atoms with Gasteiger partial charge in [0, 0.05) is 9.79 Å². The van der Waals surface area contributed by atoms with E-state index in [0.29, 0.717) is 0 Å². The first-order chi connectivity index (χ1) is 10.1. The van der Waals surface area contributed by atoms with E-state index >= 15 is 0 Å². The van der Waals surface area contributed by atoms with Gasteiger partial charge in [0.2, 0.25) is 0 Å². The molecular formula is C19H24S2. The molecule has 0 N–H and O–H groups in total. The number of hydrogen-bond acceptors (Lipinski definition) is 2. The Bertz CT molecular complexity index is 509. The van der Waals surface area contributed by atoms with Crippen LogP contribution in [0.3, 0.4) is 0 Å². The topological polar surface area (TPSA) is 0 Å². The van der Waals surface area contributed by atoms with Gasteiger partial charge >= 0.3 is 0 Å². The number of thioether (sulfide) groups is 2.